The number of allylic oxidation sites excluding steroid dienone is 1. The monoisotopic (exact) mass is 394 g/mol. The van der Waals surface area contributed by atoms with E-state index in [4.69, 9.17) is 0 Å². The fourth-order valence-electron chi connectivity index (χ4n) is 3.84. The first-order valence-electron chi connectivity index (χ1n) is 9.31. The lowest BCUT2D eigenvalue weighted by Crippen LogP contribution is -2.13. The number of carbonyl (C=O) groups is 1. The van der Waals surface area contributed by atoms with Crippen molar-refractivity contribution in [2.45, 2.75) is 26.3 Å². The highest BCUT2D eigenvalue weighted by Crippen LogP contribution is 2.27. The van der Waals surface area contributed by atoms with E-state index >= 15 is 0 Å². The second-order valence-electron chi connectivity index (χ2n) is 7.35. The average Bonchev–Trinajstić information content (AvgIpc) is 3.18. The van der Waals surface area contributed by atoms with Crippen LogP contribution >= 0.6 is 0 Å². The van der Waals surface area contributed by atoms with E-state index in [1.807, 2.05) is 56.3 Å². The molecule has 0 radical (unpaired) electrons. The van der Waals surface area contributed by atoms with Gasteiger partial charge in [0.1, 0.15) is 0 Å². The van der Waals surface area contributed by atoms with Crippen LogP contribution in [0.4, 0.5) is 0 Å². The van der Waals surface area contributed by atoms with E-state index in [0.717, 1.165) is 27.7 Å². The summed E-state index contributed by atoms with van der Waals surface area (Å²) in [5.41, 5.74) is 3.20. The lowest BCUT2D eigenvalue weighted by Gasteiger charge is -2.10. The lowest BCUT2D eigenvalue weighted by atomic mass is 10.0. The Morgan fingerprint density at radius 2 is 1.89 bits per heavy atom. The highest BCUT2D eigenvalue weighted by atomic mass is 32.2. The molecule has 0 N–H and O–H groups in total. The molecular weight excluding hydrogens is 372 g/mol. The molecule has 1 aromatic heterocycles. The summed E-state index contributed by atoms with van der Waals surface area (Å²) in [6.07, 6.45) is 3.94. The van der Waals surface area contributed by atoms with Gasteiger partial charge in [0, 0.05) is 16.8 Å². The zero-order valence-electron chi connectivity index (χ0n) is 15.9. The van der Waals surface area contributed by atoms with Crippen molar-refractivity contribution in [2.75, 3.05) is 11.5 Å². The number of nitrogens with zero attached hydrogens (tertiary/aromatic N) is 2. The third-order valence-electron chi connectivity index (χ3n) is 5.37. The summed E-state index contributed by atoms with van der Waals surface area (Å²) in [6.45, 7) is 3.80. The molecule has 1 saturated heterocycles. The van der Waals surface area contributed by atoms with Gasteiger partial charge in [-0.05, 0) is 49.3 Å². The molecule has 1 fully saturated rings. The molecule has 0 aliphatic carbocycles. The van der Waals surface area contributed by atoms with Crippen molar-refractivity contribution < 1.29 is 13.2 Å². The Bertz CT molecular complexity index is 1210. The maximum atomic E-state index is 12.6. The molecule has 1 aliphatic rings. The van der Waals surface area contributed by atoms with Crippen molar-refractivity contribution in [3.05, 3.63) is 71.1 Å². The van der Waals surface area contributed by atoms with E-state index in [-0.39, 0.29) is 23.3 Å². The summed E-state index contributed by atoms with van der Waals surface area (Å²) < 4.78 is 25.4. The number of fused-ring (bicyclic) bond motifs is 1. The third-order valence-corrected chi connectivity index (χ3v) is 7.12. The molecule has 28 heavy (non-hydrogen) atoms. The van der Waals surface area contributed by atoms with Crippen molar-refractivity contribution in [3.63, 3.8) is 0 Å². The van der Waals surface area contributed by atoms with Gasteiger partial charge in [-0.2, -0.15) is 5.10 Å². The molecule has 0 bridgehead atoms. The fourth-order valence-corrected chi connectivity index (χ4v) is 5.53. The first-order valence-corrected chi connectivity index (χ1v) is 11.1. The lowest BCUT2D eigenvalue weighted by molar-refractivity contribution is 0.104. The molecule has 6 heteroatoms. The van der Waals surface area contributed by atoms with E-state index in [1.165, 1.54) is 0 Å². The zero-order valence-corrected chi connectivity index (χ0v) is 16.7. The molecule has 3 aromatic rings. The van der Waals surface area contributed by atoms with E-state index < -0.39 is 9.84 Å². The average molecular weight is 394 g/mol. The van der Waals surface area contributed by atoms with Crippen LogP contribution in [-0.2, 0) is 9.84 Å². The second-order valence-corrected chi connectivity index (χ2v) is 9.57. The molecular formula is C22H22N2O3S. The quantitative estimate of drug-likeness (QED) is 0.497. The molecule has 4 rings (SSSR count). The summed E-state index contributed by atoms with van der Waals surface area (Å²) in [6, 6.07) is 13.5. The van der Waals surface area contributed by atoms with Gasteiger partial charge in [0.15, 0.2) is 15.6 Å². The maximum Gasteiger partial charge on any atom is 0.185 e. The largest absolute Gasteiger partial charge is 0.289 e. The van der Waals surface area contributed by atoms with Crippen LogP contribution in [0, 0.1) is 13.8 Å². The topological polar surface area (TPSA) is 69.0 Å². The third kappa shape index (κ3) is 3.52. The Balaban J connectivity index is 1.59. The van der Waals surface area contributed by atoms with Crippen LogP contribution in [0.5, 0.6) is 0 Å². The number of aromatic nitrogens is 2. The molecule has 2 aromatic carbocycles. The van der Waals surface area contributed by atoms with Crippen molar-refractivity contribution >= 4 is 32.5 Å². The van der Waals surface area contributed by atoms with Crippen LogP contribution in [-0.4, -0.2) is 35.5 Å². The second kappa shape index (κ2) is 7.02. The highest BCUT2D eigenvalue weighted by Gasteiger charge is 2.31. The van der Waals surface area contributed by atoms with Gasteiger partial charge in [0.25, 0.3) is 0 Å². The maximum absolute atomic E-state index is 12.6. The minimum Gasteiger partial charge on any atom is -0.289 e. The molecule has 144 valence electrons. The van der Waals surface area contributed by atoms with E-state index in [9.17, 15) is 13.2 Å². The number of aryl methyl sites for hydroxylation is 1. The van der Waals surface area contributed by atoms with Gasteiger partial charge in [0.2, 0.25) is 0 Å². The molecule has 1 aliphatic heterocycles. The fraction of sp³-hybridized carbons (Fsp3) is 0.273. The van der Waals surface area contributed by atoms with Gasteiger partial charge >= 0.3 is 0 Å². The van der Waals surface area contributed by atoms with Crippen molar-refractivity contribution in [1.82, 2.24) is 9.78 Å². The first-order chi connectivity index (χ1) is 13.3. The molecule has 1 unspecified atom stereocenters. The van der Waals surface area contributed by atoms with E-state index in [1.54, 1.807) is 16.8 Å². The standard InChI is InChI=1S/C22H22N2O3S/c1-15-21(16(2)24(23-15)20-11-12-28(26,27)14-20)9-10-22(25)19-8-7-17-5-3-4-6-18(17)13-19/h3-10,13,20H,11-12,14H2,1-2H3. The molecule has 0 spiro atoms. The molecule has 2 heterocycles. The van der Waals surface area contributed by atoms with Crippen molar-refractivity contribution in [2.24, 2.45) is 0 Å². The Morgan fingerprint density at radius 1 is 1.14 bits per heavy atom. The molecule has 0 saturated carbocycles. The van der Waals surface area contributed by atoms with E-state index in [0.29, 0.717) is 12.0 Å². The summed E-state index contributed by atoms with van der Waals surface area (Å²) in [7, 11) is -2.98. The van der Waals surface area contributed by atoms with Gasteiger partial charge in [-0.3, -0.25) is 9.48 Å². The number of ketones is 1. The molecule has 0 amide bonds. The van der Waals surface area contributed by atoms with Crippen LogP contribution in [0.3, 0.4) is 0 Å². The van der Waals surface area contributed by atoms with Gasteiger partial charge in [-0.25, -0.2) is 8.42 Å². The number of rotatable bonds is 4. The van der Waals surface area contributed by atoms with Gasteiger partial charge in [-0.1, -0.05) is 36.4 Å². The molecule has 1 atom stereocenters. The summed E-state index contributed by atoms with van der Waals surface area (Å²) in [5, 5.41) is 6.67. The van der Waals surface area contributed by atoms with Crippen LogP contribution in [0.25, 0.3) is 16.8 Å². The summed E-state index contributed by atoms with van der Waals surface area (Å²) in [4.78, 5) is 12.6. The predicted octanol–water partition coefficient (Wildman–Crippen LogP) is 3.91. The Morgan fingerprint density at radius 3 is 2.61 bits per heavy atom. The minimum absolute atomic E-state index is 0.0688. The number of benzene rings is 2. The van der Waals surface area contributed by atoms with Gasteiger partial charge in [-0.15, -0.1) is 0 Å². The number of sulfone groups is 1. The van der Waals surface area contributed by atoms with Crippen LogP contribution < -0.4 is 0 Å². The predicted molar refractivity (Wildman–Crippen MR) is 111 cm³/mol. The highest BCUT2D eigenvalue weighted by molar-refractivity contribution is 7.91. The first kappa shape index (κ1) is 18.6. The molecule has 5 nitrogen and oxygen atoms in total. The Labute approximate surface area is 164 Å². The smallest absolute Gasteiger partial charge is 0.185 e. The number of carbonyl (C=O) groups excluding carboxylic acids is 1. The van der Waals surface area contributed by atoms with Gasteiger partial charge < -0.3 is 0 Å². The number of hydrogen-bond acceptors (Lipinski definition) is 4. The van der Waals surface area contributed by atoms with Crippen LogP contribution in [0.1, 0.15) is 39.8 Å². The summed E-state index contributed by atoms with van der Waals surface area (Å²) >= 11 is 0. The summed E-state index contributed by atoms with van der Waals surface area (Å²) in [5.74, 6) is 0.274. The SMILES string of the molecule is Cc1nn(C2CCS(=O)(=O)C2)c(C)c1C=CC(=O)c1ccc2ccccc2c1. The van der Waals surface area contributed by atoms with E-state index in [2.05, 4.69) is 5.10 Å². The van der Waals surface area contributed by atoms with Gasteiger partial charge in [0.05, 0.1) is 23.2 Å². The Kier molecular flexibility index (Phi) is 4.67. The van der Waals surface area contributed by atoms with Crippen molar-refractivity contribution in [3.8, 4) is 0 Å². The van der Waals surface area contributed by atoms with Crippen LogP contribution in [0.2, 0.25) is 0 Å². The van der Waals surface area contributed by atoms with Crippen molar-refractivity contribution in [1.29, 1.82) is 0 Å². The zero-order chi connectivity index (χ0) is 19.9. The number of hydrogen-bond donors (Lipinski definition) is 0. The minimum atomic E-state index is -2.98. The normalized spacial score (nSPS) is 18.9. The Hall–Kier alpha value is -2.73. The van der Waals surface area contributed by atoms with Crippen LogP contribution in [0.15, 0.2) is 48.5 Å².